The largest absolute Gasteiger partial charge is 0.468 e. The van der Waals surface area contributed by atoms with Gasteiger partial charge in [0.1, 0.15) is 11.9 Å². The SMILES string of the molecule is COC(=O)C1NCCc2cc(F)ccc21.Cl. The molecule has 1 atom stereocenters. The van der Waals surface area contributed by atoms with Gasteiger partial charge in [-0.3, -0.25) is 0 Å². The van der Waals surface area contributed by atoms with Crippen LogP contribution in [0, 0.1) is 5.82 Å². The van der Waals surface area contributed by atoms with Crippen molar-refractivity contribution in [3.05, 3.63) is 35.1 Å². The van der Waals surface area contributed by atoms with E-state index in [-0.39, 0.29) is 24.2 Å². The number of benzene rings is 1. The molecule has 1 heterocycles. The van der Waals surface area contributed by atoms with Gasteiger partial charge in [-0.15, -0.1) is 12.4 Å². The van der Waals surface area contributed by atoms with E-state index in [0.717, 1.165) is 17.5 Å². The van der Waals surface area contributed by atoms with E-state index < -0.39 is 6.04 Å². The van der Waals surface area contributed by atoms with Crippen LogP contribution in [0.3, 0.4) is 0 Å². The van der Waals surface area contributed by atoms with Crippen LogP contribution in [-0.2, 0) is 16.0 Å². The minimum Gasteiger partial charge on any atom is -0.468 e. The first-order chi connectivity index (χ1) is 7.22. The molecule has 0 bridgehead atoms. The number of carbonyl (C=O) groups is 1. The fraction of sp³-hybridized carbons (Fsp3) is 0.364. The third-order valence-corrected chi connectivity index (χ3v) is 2.60. The number of nitrogens with one attached hydrogen (secondary N) is 1. The zero-order chi connectivity index (χ0) is 10.8. The zero-order valence-electron chi connectivity index (χ0n) is 8.83. The van der Waals surface area contributed by atoms with Crippen LogP contribution in [0.1, 0.15) is 17.2 Å². The second kappa shape index (κ2) is 5.27. The summed E-state index contributed by atoms with van der Waals surface area (Å²) in [5, 5.41) is 3.05. The number of esters is 1. The predicted octanol–water partition coefficient (Wildman–Crippen LogP) is 1.61. The minimum absolute atomic E-state index is 0. The first-order valence-corrected chi connectivity index (χ1v) is 4.82. The first-order valence-electron chi connectivity index (χ1n) is 4.82. The molecule has 1 aliphatic rings. The molecule has 5 heteroatoms. The highest BCUT2D eigenvalue weighted by Crippen LogP contribution is 2.24. The highest BCUT2D eigenvalue weighted by molar-refractivity contribution is 5.85. The molecule has 1 aromatic rings. The highest BCUT2D eigenvalue weighted by atomic mass is 35.5. The Labute approximate surface area is 99.4 Å². The van der Waals surface area contributed by atoms with Gasteiger partial charge in [0.15, 0.2) is 0 Å². The highest BCUT2D eigenvalue weighted by Gasteiger charge is 2.26. The lowest BCUT2D eigenvalue weighted by Gasteiger charge is -2.24. The average molecular weight is 246 g/mol. The van der Waals surface area contributed by atoms with E-state index in [1.54, 1.807) is 6.07 Å². The Balaban J connectivity index is 0.00000128. The molecule has 0 saturated carbocycles. The van der Waals surface area contributed by atoms with Gasteiger partial charge in [0, 0.05) is 6.54 Å². The lowest BCUT2D eigenvalue weighted by molar-refractivity contribution is -0.143. The number of fused-ring (bicyclic) bond motifs is 1. The van der Waals surface area contributed by atoms with Crippen molar-refractivity contribution in [1.82, 2.24) is 5.32 Å². The van der Waals surface area contributed by atoms with Gasteiger partial charge in [0.2, 0.25) is 0 Å². The van der Waals surface area contributed by atoms with Gasteiger partial charge in [-0.1, -0.05) is 6.07 Å². The van der Waals surface area contributed by atoms with Gasteiger partial charge in [0.25, 0.3) is 0 Å². The number of ether oxygens (including phenoxy) is 1. The number of methoxy groups -OCH3 is 1. The number of rotatable bonds is 1. The van der Waals surface area contributed by atoms with Crippen molar-refractivity contribution in [2.45, 2.75) is 12.5 Å². The van der Waals surface area contributed by atoms with Crippen LogP contribution in [0.4, 0.5) is 4.39 Å². The van der Waals surface area contributed by atoms with Crippen LogP contribution >= 0.6 is 12.4 Å². The van der Waals surface area contributed by atoms with E-state index in [1.165, 1.54) is 19.2 Å². The number of hydrogen-bond donors (Lipinski definition) is 1. The second-order valence-corrected chi connectivity index (χ2v) is 3.50. The maximum atomic E-state index is 13.0. The molecule has 1 unspecified atom stereocenters. The smallest absolute Gasteiger partial charge is 0.327 e. The molecule has 3 nitrogen and oxygen atoms in total. The van der Waals surface area contributed by atoms with E-state index in [2.05, 4.69) is 10.1 Å². The van der Waals surface area contributed by atoms with Crippen molar-refractivity contribution in [1.29, 1.82) is 0 Å². The van der Waals surface area contributed by atoms with Crippen LogP contribution in [0.25, 0.3) is 0 Å². The monoisotopic (exact) mass is 245 g/mol. The van der Waals surface area contributed by atoms with E-state index >= 15 is 0 Å². The van der Waals surface area contributed by atoms with Crippen LogP contribution in [0.15, 0.2) is 18.2 Å². The van der Waals surface area contributed by atoms with Crippen LogP contribution in [0.5, 0.6) is 0 Å². The molecule has 0 radical (unpaired) electrons. The molecule has 88 valence electrons. The molecular formula is C11H13ClFNO2. The van der Waals surface area contributed by atoms with Gasteiger partial charge < -0.3 is 10.1 Å². The molecule has 2 rings (SSSR count). The van der Waals surface area contributed by atoms with Crippen molar-refractivity contribution in [3.63, 3.8) is 0 Å². The molecule has 1 aromatic carbocycles. The number of carbonyl (C=O) groups excluding carboxylic acids is 1. The Morgan fingerprint density at radius 3 is 3.00 bits per heavy atom. The third-order valence-electron chi connectivity index (χ3n) is 2.60. The number of hydrogen-bond acceptors (Lipinski definition) is 3. The fourth-order valence-corrected chi connectivity index (χ4v) is 1.86. The summed E-state index contributed by atoms with van der Waals surface area (Å²) in [7, 11) is 1.35. The lowest BCUT2D eigenvalue weighted by atomic mass is 9.94. The average Bonchev–Trinajstić information content (AvgIpc) is 2.26. The second-order valence-electron chi connectivity index (χ2n) is 3.50. The fourth-order valence-electron chi connectivity index (χ4n) is 1.86. The molecule has 0 aliphatic carbocycles. The van der Waals surface area contributed by atoms with E-state index in [1.807, 2.05) is 0 Å². The summed E-state index contributed by atoms with van der Waals surface area (Å²) < 4.78 is 17.6. The number of halogens is 2. The molecule has 1 N–H and O–H groups in total. The molecule has 0 saturated heterocycles. The molecular weight excluding hydrogens is 233 g/mol. The quantitative estimate of drug-likeness (QED) is 0.764. The van der Waals surface area contributed by atoms with Crippen molar-refractivity contribution < 1.29 is 13.9 Å². The van der Waals surface area contributed by atoms with Crippen LogP contribution in [-0.4, -0.2) is 19.6 Å². The Hall–Kier alpha value is -1.13. The predicted molar refractivity (Wildman–Crippen MR) is 60.1 cm³/mol. The minimum atomic E-state index is -0.459. The van der Waals surface area contributed by atoms with Gasteiger partial charge in [0.05, 0.1) is 7.11 Å². The summed E-state index contributed by atoms with van der Waals surface area (Å²) in [6.45, 7) is 0.663. The normalized spacial score (nSPS) is 18.2. The summed E-state index contributed by atoms with van der Waals surface area (Å²) in [4.78, 5) is 11.4. The molecule has 0 fully saturated rings. The topological polar surface area (TPSA) is 38.3 Å². The van der Waals surface area contributed by atoms with Crippen molar-refractivity contribution in [2.24, 2.45) is 0 Å². The lowest BCUT2D eigenvalue weighted by Crippen LogP contribution is -2.35. The zero-order valence-corrected chi connectivity index (χ0v) is 9.64. The Kier molecular flexibility index (Phi) is 4.26. The summed E-state index contributed by atoms with van der Waals surface area (Å²) in [6.07, 6.45) is 0.737. The molecule has 0 aromatic heterocycles. The molecule has 1 aliphatic heterocycles. The summed E-state index contributed by atoms with van der Waals surface area (Å²) in [5.74, 6) is -0.596. The van der Waals surface area contributed by atoms with Crippen molar-refractivity contribution >= 4 is 18.4 Å². The Morgan fingerprint density at radius 2 is 2.31 bits per heavy atom. The summed E-state index contributed by atoms with van der Waals surface area (Å²) in [5.41, 5.74) is 1.69. The Morgan fingerprint density at radius 1 is 1.56 bits per heavy atom. The molecule has 0 amide bonds. The summed E-state index contributed by atoms with van der Waals surface area (Å²) in [6, 6.07) is 4.02. The maximum absolute atomic E-state index is 13.0. The van der Waals surface area contributed by atoms with Crippen LogP contribution < -0.4 is 5.32 Å². The van der Waals surface area contributed by atoms with Crippen LogP contribution in [0.2, 0.25) is 0 Å². The third kappa shape index (κ3) is 2.33. The van der Waals surface area contributed by atoms with Gasteiger partial charge >= 0.3 is 5.97 Å². The van der Waals surface area contributed by atoms with E-state index in [9.17, 15) is 9.18 Å². The van der Waals surface area contributed by atoms with Crippen molar-refractivity contribution in [2.75, 3.05) is 13.7 Å². The Bertz CT molecular complexity index is 398. The van der Waals surface area contributed by atoms with Gasteiger partial charge in [-0.2, -0.15) is 0 Å². The summed E-state index contributed by atoms with van der Waals surface area (Å²) >= 11 is 0. The van der Waals surface area contributed by atoms with Crippen molar-refractivity contribution in [3.8, 4) is 0 Å². The van der Waals surface area contributed by atoms with E-state index in [4.69, 9.17) is 0 Å². The maximum Gasteiger partial charge on any atom is 0.327 e. The molecule has 0 spiro atoms. The molecule has 16 heavy (non-hydrogen) atoms. The van der Waals surface area contributed by atoms with Gasteiger partial charge in [-0.25, -0.2) is 9.18 Å². The van der Waals surface area contributed by atoms with E-state index in [0.29, 0.717) is 6.54 Å². The standard InChI is InChI=1S/C11H12FNO2.ClH/c1-15-11(14)10-9-3-2-8(12)6-7(9)4-5-13-10;/h2-3,6,10,13H,4-5H2,1H3;1H. The van der Waals surface area contributed by atoms with Gasteiger partial charge in [-0.05, 0) is 29.7 Å². The first kappa shape index (κ1) is 12.9.